The number of aryl methyl sites for hydroxylation is 4. The molecule has 1 heterocycles. The van der Waals surface area contributed by atoms with E-state index >= 15 is 0 Å². The summed E-state index contributed by atoms with van der Waals surface area (Å²) in [6.45, 7) is 18.6. The van der Waals surface area contributed by atoms with E-state index in [2.05, 4.69) is 177 Å². The van der Waals surface area contributed by atoms with Gasteiger partial charge in [-0.25, -0.2) is 0 Å². The van der Waals surface area contributed by atoms with Crippen LogP contribution in [0.4, 0.5) is 0 Å². The zero-order valence-corrected chi connectivity index (χ0v) is 33.0. The fraction of sp³-hybridized carbons (Fsp3) is 0.148. The zero-order valence-electron chi connectivity index (χ0n) is 33.0. The minimum absolute atomic E-state index is 0.924. The molecule has 0 fully saturated rings. The molecule has 0 amide bonds. The molecule has 1 nitrogen and oxygen atoms in total. The summed E-state index contributed by atoms with van der Waals surface area (Å²) in [5, 5.41) is 12.8. The van der Waals surface area contributed by atoms with Crippen LogP contribution in [-0.2, 0) is 0 Å². The molecule has 1 heteroatoms. The van der Waals surface area contributed by atoms with Crippen LogP contribution in [0.3, 0.4) is 0 Å². The Kier molecular flexibility index (Phi) is 7.39. The fourth-order valence-electron chi connectivity index (χ4n) is 9.81. The monoisotopic (exact) mass is 708 g/mol. The molecular weight excluding hydrogens is 665 g/mol. The second-order valence-corrected chi connectivity index (χ2v) is 15.8. The van der Waals surface area contributed by atoms with Crippen LogP contribution < -0.4 is 0 Å². The average molecular weight is 709 g/mol. The topological polar surface area (TPSA) is 13.1 Å². The molecule has 0 aliphatic carbocycles. The lowest BCUT2D eigenvalue weighted by Crippen LogP contribution is -2.04. The lowest BCUT2D eigenvalue weighted by atomic mass is 9.76. The van der Waals surface area contributed by atoms with Crippen molar-refractivity contribution in [2.75, 3.05) is 0 Å². The van der Waals surface area contributed by atoms with Gasteiger partial charge >= 0.3 is 0 Å². The molecule has 10 rings (SSSR count). The fourth-order valence-corrected chi connectivity index (χ4v) is 9.81. The van der Waals surface area contributed by atoms with Crippen LogP contribution in [0, 0.1) is 55.4 Å². The predicted octanol–water partition coefficient (Wildman–Crippen LogP) is 15.7. The minimum atomic E-state index is 0.924. The van der Waals surface area contributed by atoms with E-state index in [-0.39, 0.29) is 0 Å². The molecule has 0 atom stereocenters. The van der Waals surface area contributed by atoms with Gasteiger partial charge in [-0.3, -0.25) is 0 Å². The van der Waals surface area contributed by atoms with Crippen molar-refractivity contribution in [2.24, 2.45) is 0 Å². The summed E-state index contributed by atoms with van der Waals surface area (Å²) in [5.41, 5.74) is 20.3. The SMILES string of the molecule is Cc1c(C)c(C)c2c(-c3cccc4oc5ccccc5c34)c3c(C)c(C)c(C)c(C)c3c(-c3cccc(-c4cccc5ccc6ccccc6c45)c3)c2c1C. The normalized spacial score (nSPS) is 12.0. The first-order valence-corrected chi connectivity index (χ1v) is 19.5. The number of benzene rings is 9. The summed E-state index contributed by atoms with van der Waals surface area (Å²) in [6.07, 6.45) is 0. The molecule has 0 spiro atoms. The molecule has 9 aromatic carbocycles. The summed E-state index contributed by atoms with van der Waals surface area (Å²) in [6, 6.07) is 44.6. The smallest absolute Gasteiger partial charge is 0.136 e. The summed E-state index contributed by atoms with van der Waals surface area (Å²) in [5.74, 6) is 0. The number of para-hydroxylation sites is 1. The molecule has 0 radical (unpaired) electrons. The van der Waals surface area contributed by atoms with E-state index in [1.54, 1.807) is 0 Å². The van der Waals surface area contributed by atoms with E-state index in [4.69, 9.17) is 4.42 Å². The Morgan fingerprint density at radius 3 is 1.49 bits per heavy atom. The van der Waals surface area contributed by atoms with E-state index < -0.39 is 0 Å². The van der Waals surface area contributed by atoms with Gasteiger partial charge in [0.1, 0.15) is 11.2 Å². The van der Waals surface area contributed by atoms with Crippen molar-refractivity contribution in [1.29, 1.82) is 0 Å². The summed E-state index contributed by atoms with van der Waals surface area (Å²) in [7, 11) is 0. The highest BCUT2D eigenvalue weighted by atomic mass is 16.3. The van der Waals surface area contributed by atoms with E-state index in [1.807, 2.05) is 0 Å². The van der Waals surface area contributed by atoms with Crippen molar-refractivity contribution in [2.45, 2.75) is 55.4 Å². The van der Waals surface area contributed by atoms with E-state index in [0.29, 0.717) is 0 Å². The van der Waals surface area contributed by atoms with Gasteiger partial charge in [-0.1, -0.05) is 103 Å². The molecule has 10 aromatic rings. The van der Waals surface area contributed by atoms with Crippen LogP contribution in [0.15, 0.2) is 126 Å². The maximum Gasteiger partial charge on any atom is 0.136 e. The molecule has 0 aliphatic rings. The summed E-state index contributed by atoms with van der Waals surface area (Å²) >= 11 is 0. The Bertz CT molecular complexity index is 3200. The maximum atomic E-state index is 6.54. The van der Waals surface area contributed by atoms with Gasteiger partial charge in [-0.05, 0) is 195 Å². The van der Waals surface area contributed by atoms with Gasteiger partial charge in [-0.2, -0.15) is 0 Å². The van der Waals surface area contributed by atoms with Crippen LogP contribution in [0.1, 0.15) is 44.5 Å². The Morgan fingerprint density at radius 1 is 0.309 bits per heavy atom. The minimum Gasteiger partial charge on any atom is -0.456 e. The van der Waals surface area contributed by atoms with Crippen LogP contribution in [0.5, 0.6) is 0 Å². The highest BCUT2D eigenvalue weighted by Gasteiger charge is 2.27. The average Bonchev–Trinajstić information content (AvgIpc) is 3.61. The quantitative estimate of drug-likeness (QED) is 0.132. The molecule has 0 saturated carbocycles. The van der Waals surface area contributed by atoms with Gasteiger partial charge in [0.25, 0.3) is 0 Å². The first-order valence-electron chi connectivity index (χ1n) is 19.5. The number of hydrogen-bond donors (Lipinski definition) is 0. The molecule has 1 aromatic heterocycles. The van der Waals surface area contributed by atoms with Crippen molar-refractivity contribution in [3.63, 3.8) is 0 Å². The molecular formula is C54H44O. The van der Waals surface area contributed by atoms with Crippen molar-refractivity contribution >= 4 is 65.0 Å². The highest BCUT2D eigenvalue weighted by molar-refractivity contribution is 6.28. The molecule has 0 N–H and O–H groups in total. The number of furan rings is 1. The number of fused-ring (bicyclic) bond motifs is 8. The molecule has 266 valence electrons. The lowest BCUT2D eigenvalue weighted by molar-refractivity contribution is 0.669. The third kappa shape index (κ3) is 4.66. The molecule has 0 aliphatic heterocycles. The Morgan fingerprint density at radius 2 is 0.800 bits per heavy atom. The van der Waals surface area contributed by atoms with Crippen LogP contribution in [0.25, 0.3) is 98.4 Å². The number of hydrogen-bond acceptors (Lipinski definition) is 1. The Labute approximate surface area is 322 Å². The van der Waals surface area contributed by atoms with Crippen molar-refractivity contribution in [3.8, 4) is 33.4 Å². The van der Waals surface area contributed by atoms with Gasteiger partial charge < -0.3 is 4.42 Å². The molecule has 0 saturated heterocycles. The maximum absolute atomic E-state index is 6.54. The lowest BCUT2D eigenvalue weighted by Gasteiger charge is -2.27. The van der Waals surface area contributed by atoms with Gasteiger partial charge in [0.05, 0.1) is 0 Å². The standard InChI is InChI=1S/C54H44O/c1-29-31(3)35(7)49-47(33(29)5)52(40-19-13-18-39(28-40)42-22-14-17-38-27-26-37-16-9-10-20-41(37)51(38)42)48-34(6)30(2)32(4)36(8)50(48)54(49)44-23-15-25-46-53(44)43-21-11-12-24-45(43)55-46/h9-28H,1-8H3. The van der Waals surface area contributed by atoms with E-state index in [9.17, 15) is 0 Å². The van der Waals surface area contributed by atoms with Gasteiger partial charge in [0.15, 0.2) is 0 Å². The zero-order chi connectivity index (χ0) is 37.9. The first-order chi connectivity index (χ1) is 26.7. The second-order valence-electron chi connectivity index (χ2n) is 15.8. The van der Waals surface area contributed by atoms with Crippen LogP contribution in [-0.4, -0.2) is 0 Å². The molecule has 55 heavy (non-hydrogen) atoms. The molecule has 0 bridgehead atoms. The largest absolute Gasteiger partial charge is 0.456 e. The summed E-state index contributed by atoms with van der Waals surface area (Å²) in [4.78, 5) is 0. The van der Waals surface area contributed by atoms with Gasteiger partial charge in [0.2, 0.25) is 0 Å². The summed E-state index contributed by atoms with van der Waals surface area (Å²) < 4.78 is 6.54. The Hall–Kier alpha value is -6.18. The molecule has 0 unspecified atom stereocenters. The van der Waals surface area contributed by atoms with Crippen LogP contribution >= 0.6 is 0 Å². The van der Waals surface area contributed by atoms with Crippen molar-refractivity contribution < 1.29 is 4.42 Å². The van der Waals surface area contributed by atoms with Crippen molar-refractivity contribution in [1.82, 2.24) is 0 Å². The van der Waals surface area contributed by atoms with Crippen molar-refractivity contribution in [3.05, 3.63) is 166 Å². The third-order valence-corrected chi connectivity index (χ3v) is 13.3. The Balaban J connectivity index is 1.41. The van der Waals surface area contributed by atoms with Crippen LogP contribution in [0.2, 0.25) is 0 Å². The van der Waals surface area contributed by atoms with Gasteiger partial charge in [-0.15, -0.1) is 0 Å². The first kappa shape index (κ1) is 33.4. The predicted molar refractivity (Wildman–Crippen MR) is 238 cm³/mol. The van der Waals surface area contributed by atoms with Gasteiger partial charge in [0, 0.05) is 10.8 Å². The third-order valence-electron chi connectivity index (χ3n) is 13.3. The van der Waals surface area contributed by atoms with E-state index in [0.717, 1.165) is 16.6 Å². The number of rotatable bonds is 3. The highest BCUT2D eigenvalue weighted by Crippen LogP contribution is 2.52. The second kappa shape index (κ2) is 12.2. The van der Waals surface area contributed by atoms with E-state index in [1.165, 1.54) is 126 Å².